The molecule has 1 N–H and O–H groups in total. The summed E-state index contributed by atoms with van der Waals surface area (Å²) >= 11 is 0. The number of ether oxygens (including phenoxy) is 1. The van der Waals surface area contributed by atoms with Gasteiger partial charge in [0.2, 0.25) is 0 Å². The van der Waals surface area contributed by atoms with Gasteiger partial charge in [-0.25, -0.2) is 4.68 Å². The summed E-state index contributed by atoms with van der Waals surface area (Å²) in [6.45, 7) is 3.76. The highest BCUT2D eigenvalue weighted by molar-refractivity contribution is 5.79. The lowest BCUT2D eigenvalue weighted by atomic mass is 10.1. The van der Waals surface area contributed by atoms with Gasteiger partial charge in [0.1, 0.15) is 5.75 Å². The molecule has 0 radical (unpaired) electrons. The molecule has 2 heterocycles. The van der Waals surface area contributed by atoms with Crippen LogP contribution in [0, 0.1) is 6.92 Å². The molecule has 1 aliphatic carbocycles. The monoisotopic (exact) mass is 458 g/mol. The van der Waals surface area contributed by atoms with E-state index in [1.165, 1.54) is 12.8 Å². The van der Waals surface area contributed by atoms with E-state index in [1.807, 2.05) is 35.0 Å². The van der Waals surface area contributed by atoms with Gasteiger partial charge in [-0.15, -0.1) is 5.10 Å². The minimum Gasteiger partial charge on any atom is -0.497 e. The van der Waals surface area contributed by atoms with Crippen LogP contribution in [0.4, 0.5) is 0 Å². The van der Waals surface area contributed by atoms with Crippen molar-refractivity contribution in [3.05, 3.63) is 81.4 Å². The number of nitrogens with one attached hydrogen (secondary N) is 1. The number of tetrazole rings is 1. The molecule has 0 saturated heterocycles. The molecule has 1 aliphatic rings. The Kier molecular flexibility index (Phi) is 6.40. The first-order valence-corrected chi connectivity index (χ1v) is 11.8. The zero-order chi connectivity index (χ0) is 23.5. The van der Waals surface area contributed by atoms with Gasteiger partial charge in [-0.1, -0.05) is 36.6 Å². The summed E-state index contributed by atoms with van der Waals surface area (Å²) in [4.78, 5) is 18.2. The van der Waals surface area contributed by atoms with Gasteiger partial charge in [0.25, 0.3) is 5.56 Å². The van der Waals surface area contributed by atoms with Gasteiger partial charge in [-0.2, -0.15) is 0 Å². The van der Waals surface area contributed by atoms with Crippen molar-refractivity contribution >= 4 is 10.9 Å². The van der Waals surface area contributed by atoms with E-state index in [0.29, 0.717) is 25.7 Å². The van der Waals surface area contributed by atoms with Crippen LogP contribution in [-0.4, -0.2) is 37.2 Å². The third-order valence-corrected chi connectivity index (χ3v) is 6.63. The number of benzene rings is 2. The molecule has 5 rings (SSSR count). The number of aryl methyl sites for hydroxylation is 1. The Bertz CT molecular complexity index is 1320. The van der Waals surface area contributed by atoms with Gasteiger partial charge < -0.3 is 9.72 Å². The van der Waals surface area contributed by atoms with Crippen molar-refractivity contribution in [1.29, 1.82) is 0 Å². The van der Waals surface area contributed by atoms with Crippen LogP contribution in [-0.2, 0) is 19.6 Å². The highest BCUT2D eigenvalue weighted by Crippen LogP contribution is 2.29. The number of fused-ring (bicyclic) bond motifs is 1. The largest absolute Gasteiger partial charge is 0.497 e. The van der Waals surface area contributed by atoms with Gasteiger partial charge in [0.05, 0.1) is 19.7 Å². The molecule has 0 spiro atoms. The third kappa shape index (κ3) is 4.87. The quantitative estimate of drug-likeness (QED) is 0.427. The molecule has 34 heavy (non-hydrogen) atoms. The molecule has 176 valence electrons. The maximum atomic E-state index is 12.9. The SMILES string of the molecule is COc1ccc(CN(Cc2cc3cc(C)ccc3[nH]c2=O)Cc2nnnn2C2CCCC2)cc1. The van der Waals surface area contributed by atoms with Crippen molar-refractivity contribution < 1.29 is 4.74 Å². The molecule has 2 aromatic carbocycles. The summed E-state index contributed by atoms with van der Waals surface area (Å²) < 4.78 is 7.29. The predicted octanol–water partition coefficient (Wildman–Crippen LogP) is 4.15. The highest BCUT2D eigenvalue weighted by Gasteiger charge is 2.23. The number of hydrogen-bond donors (Lipinski definition) is 1. The Morgan fingerprint density at radius 1 is 1.06 bits per heavy atom. The Morgan fingerprint density at radius 3 is 2.62 bits per heavy atom. The zero-order valence-corrected chi connectivity index (χ0v) is 19.7. The molecular weight excluding hydrogens is 428 g/mol. The summed E-state index contributed by atoms with van der Waals surface area (Å²) in [5, 5.41) is 13.7. The summed E-state index contributed by atoms with van der Waals surface area (Å²) in [6.07, 6.45) is 4.65. The number of H-pyrrole nitrogens is 1. The average Bonchev–Trinajstić information content (AvgIpc) is 3.52. The van der Waals surface area contributed by atoms with E-state index in [-0.39, 0.29) is 5.56 Å². The molecular formula is C26H30N6O2. The van der Waals surface area contributed by atoms with E-state index in [2.05, 4.69) is 50.5 Å². The molecule has 0 bridgehead atoms. The van der Waals surface area contributed by atoms with Gasteiger partial charge in [-0.3, -0.25) is 9.69 Å². The number of rotatable bonds is 8. The predicted molar refractivity (Wildman–Crippen MR) is 131 cm³/mol. The molecule has 2 aromatic heterocycles. The average molecular weight is 459 g/mol. The van der Waals surface area contributed by atoms with Crippen molar-refractivity contribution in [2.75, 3.05) is 7.11 Å². The van der Waals surface area contributed by atoms with Gasteiger partial charge in [0.15, 0.2) is 5.82 Å². The zero-order valence-electron chi connectivity index (χ0n) is 19.7. The maximum absolute atomic E-state index is 12.9. The van der Waals surface area contributed by atoms with Gasteiger partial charge in [-0.05, 0) is 71.5 Å². The molecule has 4 aromatic rings. The fraction of sp³-hybridized carbons (Fsp3) is 0.385. The molecule has 0 unspecified atom stereocenters. The summed E-state index contributed by atoms with van der Waals surface area (Å²) in [6, 6.07) is 16.5. The second-order valence-electron chi connectivity index (χ2n) is 9.19. The lowest BCUT2D eigenvalue weighted by Crippen LogP contribution is -2.28. The number of hydrogen-bond acceptors (Lipinski definition) is 6. The number of methoxy groups -OCH3 is 1. The van der Waals surface area contributed by atoms with E-state index in [0.717, 1.165) is 52.0 Å². The summed E-state index contributed by atoms with van der Waals surface area (Å²) in [5.74, 6) is 1.66. The van der Waals surface area contributed by atoms with Crippen LogP contribution in [0.5, 0.6) is 5.75 Å². The van der Waals surface area contributed by atoms with Crippen molar-refractivity contribution in [3.63, 3.8) is 0 Å². The van der Waals surface area contributed by atoms with Crippen molar-refractivity contribution in [2.45, 2.75) is 58.3 Å². The van der Waals surface area contributed by atoms with Crippen LogP contribution in [0.15, 0.2) is 53.3 Å². The Balaban J connectivity index is 1.45. The van der Waals surface area contributed by atoms with Crippen LogP contribution in [0.3, 0.4) is 0 Å². The molecule has 0 aliphatic heterocycles. The van der Waals surface area contributed by atoms with Gasteiger partial charge >= 0.3 is 0 Å². The first kappa shape index (κ1) is 22.3. The van der Waals surface area contributed by atoms with Crippen molar-refractivity contribution in [3.8, 4) is 5.75 Å². The van der Waals surface area contributed by atoms with E-state index in [9.17, 15) is 4.79 Å². The van der Waals surface area contributed by atoms with Crippen molar-refractivity contribution in [2.24, 2.45) is 0 Å². The Labute approximate surface area is 198 Å². The van der Waals surface area contributed by atoms with Crippen LogP contribution in [0.2, 0.25) is 0 Å². The topological polar surface area (TPSA) is 88.9 Å². The minimum atomic E-state index is -0.0635. The third-order valence-electron chi connectivity index (χ3n) is 6.63. The van der Waals surface area contributed by atoms with E-state index in [4.69, 9.17) is 4.74 Å². The molecule has 0 amide bonds. The molecule has 8 heteroatoms. The van der Waals surface area contributed by atoms with Crippen LogP contribution >= 0.6 is 0 Å². The first-order valence-electron chi connectivity index (χ1n) is 11.8. The fourth-order valence-electron chi connectivity index (χ4n) is 4.84. The number of aromatic nitrogens is 5. The molecule has 8 nitrogen and oxygen atoms in total. The molecule has 0 atom stereocenters. The normalized spacial score (nSPS) is 14.3. The number of nitrogens with zero attached hydrogens (tertiary/aromatic N) is 5. The van der Waals surface area contributed by atoms with Crippen LogP contribution in [0.25, 0.3) is 10.9 Å². The van der Waals surface area contributed by atoms with Crippen LogP contribution in [0.1, 0.15) is 54.2 Å². The van der Waals surface area contributed by atoms with Crippen LogP contribution < -0.4 is 10.3 Å². The summed E-state index contributed by atoms with van der Waals surface area (Å²) in [7, 11) is 1.66. The molecule has 1 fully saturated rings. The first-order chi connectivity index (χ1) is 16.6. The lowest BCUT2D eigenvalue weighted by molar-refractivity contribution is 0.231. The van der Waals surface area contributed by atoms with Gasteiger partial charge in [0, 0.05) is 24.2 Å². The number of pyridine rings is 1. The second-order valence-corrected chi connectivity index (χ2v) is 9.19. The van der Waals surface area contributed by atoms with E-state index < -0.39 is 0 Å². The standard InChI is InChI=1S/C26H30N6O2/c1-18-7-12-24-20(13-18)14-21(26(33)27-24)16-31(15-19-8-10-23(34-2)11-9-19)17-25-28-29-30-32(25)22-5-3-4-6-22/h7-14,22H,3-6,15-17H2,1-2H3,(H,27,33). The van der Waals surface area contributed by atoms with Crippen molar-refractivity contribution in [1.82, 2.24) is 30.1 Å². The smallest absolute Gasteiger partial charge is 0.252 e. The van der Waals surface area contributed by atoms with E-state index in [1.54, 1.807) is 7.11 Å². The fourth-order valence-corrected chi connectivity index (χ4v) is 4.84. The lowest BCUT2D eigenvalue weighted by Gasteiger charge is -2.23. The van der Waals surface area contributed by atoms with E-state index >= 15 is 0 Å². The molecule has 1 saturated carbocycles. The number of aromatic amines is 1. The summed E-state index contributed by atoms with van der Waals surface area (Å²) in [5.41, 5.74) is 3.81. The Morgan fingerprint density at radius 2 is 1.85 bits per heavy atom. The Hall–Kier alpha value is -3.52. The maximum Gasteiger partial charge on any atom is 0.252 e. The second kappa shape index (κ2) is 9.77. The minimum absolute atomic E-state index is 0.0635. The highest BCUT2D eigenvalue weighted by atomic mass is 16.5.